The maximum absolute atomic E-state index is 12.8. The van der Waals surface area contributed by atoms with Crippen LogP contribution in [-0.4, -0.2) is 5.33 Å². The summed E-state index contributed by atoms with van der Waals surface area (Å²) in [5.74, 6) is 0.400. The number of thiophene rings is 1. The Bertz CT molecular complexity index is 436. The maximum Gasteiger partial charge on any atom is 0.123 e. The molecule has 0 nitrogen and oxygen atoms in total. The third kappa shape index (κ3) is 3.93. The average molecular weight is 313 g/mol. The van der Waals surface area contributed by atoms with Crippen molar-refractivity contribution in [1.29, 1.82) is 0 Å². The van der Waals surface area contributed by atoms with Crippen LogP contribution in [0.1, 0.15) is 11.1 Å². The van der Waals surface area contributed by atoms with Crippen molar-refractivity contribution in [2.75, 3.05) is 5.33 Å². The van der Waals surface area contributed by atoms with Crippen LogP contribution in [0.15, 0.2) is 41.1 Å². The second kappa shape index (κ2) is 6.31. The van der Waals surface area contributed by atoms with Crippen molar-refractivity contribution in [3.63, 3.8) is 0 Å². The van der Waals surface area contributed by atoms with Gasteiger partial charge in [-0.2, -0.15) is 11.3 Å². The lowest BCUT2D eigenvalue weighted by Gasteiger charge is -2.13. The molecule has 0 amide bonds. The third-order valence-corrected chi connectivity index (χ3v) is 4.41. The predicted octanol–water partition coefficient (Wildman–Crippen LogP) is 4.68. The molecule has 1 heterocycles. The highest BCUT2D eigenvalue weighted by Crippen LogP contribution is 2.18. The summed E-state index contributed by atoms with van der Waals surface area (Å²) < 4.78 is 12.8. The van der Waals surface area contributed by atoms with Crippen molar-refractivity contribution >= 4 is 27.3 Å². The lowest BCUT2D eigenvalue weighted by molar-refractivity contribution is 0.588. The summed E-state index contributed by atoms with van der Waals surface area (Å²) in [6.07, 6.45) is 2.06. The summed E-state index contributed by atoms with van der Waals surface area (Å²) in [6.45, 7) is 0. The number of alkyl halides is 1. The largest absolute Gasteiger partial charge is 0.207 e. The zero-order valence-electron chi connectivity index (χ0n) is 9.40. The van der Waals surface area contributed by atoms with Crippen LogP contribution in [0.5, 0.6) is 0 Å². The molecule has 0 bridgehead atoms. The summed E-state index contributed by atoms with van der Waals surface area (Å²) in [4.78, 5) is 0. The van der Waals surface area contributed by atoms with Gasteiger partial charge in [0.15, 0.2) is 0 Å². The van der Waals surface area contributed by atoms with Crippen LogP contribution in [0.25, 0.3) is 0 Å². The SMILES string of the molecule is Fc1ccc(CC(CBr)Cc2ccsc2)cc1. The summed E-state index contributed by atoms with van der Waals surface area (Å²) in [5.41, 5.74) is 2.59. The zero-order chi connectivity index (χ0) is 12.1. The minimum absolute atomic E-state index is 0.165. The monoisotopic (exact) mass is 312 g/mol. The second-order valence-corrected chi connectivity index (χ2v) is 5.61. The van der Waals surface area contributed by atoms with E-state index in [2.05, 4.69) is 32.8 Å². The number of rotatable bonds is 5. The molecule has 3 heteroatoms. The van der Waals surface area contributed by atoms with Gasteiger partial charge >= 0.3 is 0 Å². The first kappa shape index (κ1) is 12.8. The molecule has 2 aromatic rings. The Morgan fingerprint density at radius 3 is 2.35 bits per heavy atom. The fourth-order valence-corrected chi connectivity index (χ4v) is 3.02. The van der Waals surface area contributed by atoms with Gasteiger partial charge in [0.25, 0.3) is 0 Å². The summed E-state index contributed by atoms with van der Waals surface area (Å²) >= 11 is 5.30. The maximum atomic E-state index is 12.8. The van der Waals surface area contributed by atoms with Crippen molar-refractivity contribution in [3.8, 4) is 0 Å². The zero-order valence-corrected chi connectivity index (χ0v) is 11.8. The lowest BCUT2D eigenvalue weighted by Crippen LogP contribution is -2.09. The molecule has 0 spiro atoms. The highest BCUT2D eigenvalue weighted by atomic mass is 79.9. The molecule has 0 fully saturated rings. The Morgan fingerprint density at radius 2 is 1.76 bits per heavy atom. The Balaban J connectivity index is 1.97. The molecule has 2 rings (SSSR count). The molecule has 17 heavy (non-hydrogen) atoms. The molecular weight excluding hydrogens is 299 g/mol. The van der Waals surface area contributed by atoms with Crippen LogP contribution < -0.4 is 0 Å². The van der Waals surface area contributed by atoms with E-state index in [-0.39, 0.29) is 5.82 Å². The number of hydrogen-bond acceptors (Lipinski definition) is 1. The molecule has 0 radical (unpaired) electrons. The molecule has 0 aliphatic heterocycles. The fourth-order valence-electron chi connectivity index (χ4n) is 1.88. The topological polar surface area (TPSA) is 0 Å². The second-order valence-electron chi connectivity index (χ2n) is 4.19. The quantitative estimate of drug-likeness (QED) is 0.703. The van der Waals surface area contributed by atoms with Crippen LogP contribution in [0, 0.1) is 11.7 Å². The third-order valence-electron chi connectivity index (χ3n) is 2.76. The van der Waals surface area contributed by atoms with E-state index in [1.807, 2.05) is 12.1 Å². The minimum atomic E-state index is -0.165. The predicted molar refractivity (Wildman–Crippen MR) is 75.4 cm³/mol. The van der Waals surface area contributed by atoms with Crippen molar-refractivity contribution in [2.45, 2.75) is 12.8 Å². The summed E-state index contributed by atoms with van der Waals surface area (Å²) in [6, 6.07) is 8.98. The van der Waals surface area contributed by atoms with Crippen LogP contribution in [0.2, 0.25) is 0 Å². The van der Waals surface area contributed by atoms with Gasteiger partial charge in [0, 0.05) is 5.33 Å². The number of benzene rings is 1. The molecule has 0 saturated heterocycles. The Morgan fingerprint density at radius 1 is 1.06 bits per heavy atom. The molecule has 0 saturated carbocycles. The molecule has 1 aromatic carbocycles. The van der Waals surface area contributed by atoms with Gasteiger partial charge in [-0.25, -0.2) is 4.39 Å². The minimum Gasteiger partial charge on any atom is -0.207 e. The van der Waals surface area contributed by atoms with Gasteiger partial charge in [-0.1, -0.05) is 28.1 Å². The molecule has 1 unspecified atom stereocenters. The van der Waals surface area contributed by atoms with Crippen molar-refractivity contribution in [3.05, 3.63) is 58.0 Å². The van der Waals surface area contributed by atoms with Gasteiger partial charge in [0.2, 0.25) is 0 Å². The van der Waals surface area contributed by atoms with Gasteiger partial charge in [0.1, 0.15) is 5.82 Å². The smallest absolute Gasteiger partial charge is 0.123 e. The van der Waals surface area contributed by atoms with E-state index < -0.39 is 0 Å². The van der Waals surface area contributed by atoms with Crippen LogP contribution in [-0.2, 0) is 12.8 Å². The fraction of sp³-hybridized carbons (Fsp3) is 0.286. The van der Waals surface area contributed by atoms with Gasteiger partial charge in [-0.05, 0) is 58.8 Å². The van der Waals surface area contributed by atoms with Crippen LogP contribution >= 0.6 is 27.3 Å². The van der Waals surface area contributed by atoms with Crippen molar-refractivity contribution < 1.29 is 4.39 Å². The highest BCUT2D eigenvalue weighted by molar-refractivity contribution is 9.09. The van der Waals surface area contributed by atoms with E-state index in [1.165, 1.54) is 23.3 Å². The van der Waals surface area contributed by atoms with Crippen LogP contribution in [0.4, 0.5) is 4.39 Å². The first-order chi connectivity index (χ1) is 8.28. The summed E-state index contributed by atoms with van der Waals surface area (Å²) in [7, 11) is 0. The molecular formula is C14H14BrFS. The Kier molecular flexibility index (Phi) is 4.75. The standard InChI is InChI=1S/C14H14BrFS/c15-9-13(8-12-5-6-17-10-12)7-11-1-3-14(16)4-2-11/h1-6,10,13H,7-9H2. The molecule has 1 aromatic heterocycles. The normalized spacial score (nSPS) is 12.6. The van der Waals surface area contributed by atoms with Crippen LogP contribution in [0.3, 0.4) is 0 Å². The van der Waals surface area contributed by atoms with E-state index in [9.17, 15) is 4.39 Å². The van der Waals surface area contributed by atoms with E-state index in [1.54, 1.807) is 11.3 Å². The molecule has 0 aliphatic rings. The van der Waals surface area contributed by atoms with Crippen molar-refractivity contribution in [2.24, 2.45) is 5.92 Å². The average Bonchev–Trinajstić information content (AvgIpc) is 2.84. The van der Waals surface area contributed by atoms with Gasteiger partial charge in [-0.3, -0.25) is 0 Å². The molecule has 90 valence electrons. The van der Waals surface area contributed by atoms with E-state index in [4.69, 9.17) is 0 Å². The molecule has 1 atom stereocenters. The number of hydrogen-bond donors (Lipinski definition) is 0. The van der Waals surface area contributed by atoms with E-state index in [0.29, 0.717) is 5.92 Å². The van der Waals surface area contributed by atoms with Gasteiger partial charge < -0.3 is 0 Å². The molecule has 0 N–H and O–H groups in total. The highest BCUT2D eigenvalue weighted by Gasteiger charge is 2.09. The van der Waals surface area contributed by atoms with Crippen molar-refractivity contribution in [1.82, 2.24) is 0 Å². The Labute approximate surface area is 114 Å². The van der Waals surface area contributed by atoms with E-state index >= 15 is 0 Å². The lowest BCUT2D eigenvalue weighted by atomic mass is 9.95. The Hall–Kier alpha value is -0.670. The first-order valence-electron chi connectivity index (χ1n) is 5.59. The first-order valence-corrected chi connectivity index (χ1v) is 7.66. The molecule has 0 aliphatic carbocycles. The van der Waals surface area contributed by atoms with Gasteiger partial charge in [-0.15, -0.1) is 0 Å². The number of halogens is 2. The van der Waals surface area contributed by atoms with Gasteiger partial charge in [0.05, 0.1) is 0 Å². The van der Waals surface area contributed by atoms with E-state index in [0.717, 1.165) is 18.2 Å². The summed E-state index contributed by atoms with van der Waals surface area (Å²) in [5, 5.41) is 5.28.